The van der Waals surface area contributed by atoms with Crippen molar-refractivity contribution in [3.05, 3.63) is 85.2 Å². The molecular weight excluding hydrogens is 387 g/mol. The molecule has 25 heavy (non-hydrogen) atoms. The van der Waals surface area contributed by atoms with Crippen molar-refractivity contribution in [2.45, 2.75) is 6.54 Å². The van der Waals surface area contributed by atoms with E-state index in [1.54, 1.807) is 42.5 Å². The summed E-state index contributed by atoms with van der Waals surface area (Å²) in [6.45, 7) is 0.129. The van der Waals surface area contributed by atoms with Gasteiger partial charge in [-0.3, -0.25) is 9.48 Å². The zero-order valence-electron chi connectivity index (χ0n) is 12.6. The monoisotopic (exact) mass is 396 g/mol. The summed E-state index contributed by atoms with van der Waals surface area (Å²) >= 11 is 18.3. The molecule has 0 atom stereocenters. The van der Waals surface area contributed by atoms with Crippen LogP contribution in [-0.4, -0.2) is 20.4 Å². The van der Waals surface area contributed by atoms with Gasteiger partial charge in [0.2, 0.25) is 0 Å². The van der Waals surface area contributed by atoms with E-state index in [-0.39, 0.29) is 12.1 Å². The van der Waals surface area contributed by atoms with Gasteiger partial charge in [0.05, 0.1) is 12.2 Å². The Morgan fingerprint density at radius 2 is 1.60 bits per heavy atom. The van der Waals surface area contributed by atoms with E-state index in [1.165, 1.54) is 15.6 Å². The second-order valence-corrected chi connectivity index (χ2v) is 6.49. The van der Waals surface area contributed by atoms with Gasteiger partial charge in [0, 0.05) is 26.8 Å². The predicted octanol–water partition coefficient (Wildman–Crippen LogP) is 4.35. The molecule has 3 aromatic rings. The van der Waals surface area contributed by atoms with E-state index in [0.717, 1.165) is 0 Å². The van der Waals surface area contributed by atoms with Crippen LogP contribution in [0.1, 0.15) is 15.9 Å². The molecule has 1 N–H and O–H groups in total. The highest BCUT2D eigenvalue weighted by atomic mass is 35.5. The molecule has 0 saturated carbocycles. The highest BCUT2D eigenvalue weighted by Gasteiger charge is 2.19. The minimum atomic E-state index is -1.31. The van der Waals surface area contributed by atoms with E-state index in [2.05, 4.69) is 0 Å². The molecular formula is C17H11Cl3N2O3. The summed E-state index contributed by atoms with van der Waals surface area (Å²) in [4.78, 5) is 23.9. The van der Waals surface area contributed by atoms with Crippen molar-refractivity contribution in [3.63, 3.8) is 0 Å². The van der Waals surface area contributed by atoms with Crippen LogP contribution in [0.5, 0.6) is 0 Å². The van der Waals surface area contributed by atoms with Crippen molar-refractivity contribution in [2.75, 3.05) is 0 Å². The average molecular weight is 398 g/mol. The molecule has 0 spiro atoms. The van der Waals surface area contributed by atoms with E-state index in [9.17, 15) is 14.7 Å². The van der Waals surface area contributed by atoms with E-state index in [1.807, 2.05) is 0 Å². The first kappa shape index (κ1) is 17.6. The Balaban J connectivity index is 2.19. The van der Waals surface area contributed by atoms with Gasteiger partial charge >= 0.3 is 5.97 Å². The predicted molar refractivity (Wildman–Crippen MR) is 97.6 cm³/mol. The van der Waals surface area contributed by atoms with E-state index < -0.39 is 11.5 Å². The van der Waals surface area contributed by atoms with Gasteiger partial charge in [-0.2, -0.15) is 0 Å². The van der Waals surface area contributed by atoms with Gasteiger partial charge < -0.3 is 5.11 Å². The normalized spacial score (nSPS) is 10.8. The molecule has 0 aliphatic rings. The molecule has 0 fully saturated rings. The number of benzene rings is 2. The van der Waals surface area contributed by atoms with Gasteiger partial charge in [0.25, 0.3) is 5.56 Å². The third kappa shape index (κ3) is 3.44. The standard InChI is InChI=1S/C17H11Cl3N2O3/c18-10-4-6-11(7-5-10)22-16(23)13(17(24)25)9-21(22)8-12-14(19)2-1-3-15(12)20/h1-7,9H,8H2,(H,24,25). The Morgan fingerprint density at radius 1 is 1.00 bits per heavy atom. The SMILES string of the molecule is O=C(O)c1cn(Cc2c(Cl)cccc2Cl)n(-c2ccc(Cl)cc2)c1=O. The zero-order chi connectivity index (χ0) is 18.1. The van der Waals surface area contributed by atoms with Gasteiger partial charge in [-0.15, -0.1) is 0 Å². The van der Waals surface area contributed by atoms with Gasteiger partial charge in [-0.25, -0.2) is 9.48 Å². The molecule has 0 unspecified atom stereocenters. The fourth-order valence-corrected chi connectivity index (χ4v) is 3.09. The maximum atomic E-state index is 12.5. The second-order valence-electron chi connectivity index (χ2n) is 5.24. The summed E-state index contributed by atoms with van der Waals surface area (Å²) in [6.07, 6.45) is 1.26. The number of aromatic carboxylic acids is 1. The van der Waals surface area contributed by atoms with Crippen LogP contribution < -0.4 is 5.56 Å². The lowest BCUT2D eigenvalue weighted by molar-refractivity contribution is 0.0695. The second kappa shape index (κ2) is 6.96. The molecule has 0 radical (unpaired) electrons. The molecule has 5 nitrogen and oxygen atoms in total. The zero-order valence-corrected chi connectivity index (χ0v) is 14.9. The minimum absolute atomic E-state index is 0.129. The number of halogens is 3. The Labute approximate surface area is 157 Å². The number of hydrogen-bond acceptors (Lipinski definition) is 2. The Kier molecular flexibility index (Phi) is 4.90. The van der Waals surface area contributed by atoms with E-state index in [4.69, 9.17) is 34.8 Å². The number of nitrogens with zero attached hydrogens (tertiary/aromatic N) is 2. The smallest absolute Gasteiger partial charge is 0.342 e. The van der Waals surface area contributed by atoms with Crippen LogP contribution in [0.4, 0.5) is 0 Å². The van der Waals surface area contributed by atoms with Crippen molar-refractivity contribution in [3.8, 4) is 5.69 Å². The Bertz CT molecular complexity index is 987. The van der Waals surface area contributed by atoms with Crippen LogP contribution in [0.2, 0.25) is 15.1 Å². The lowest BCUT2D eigenvalue weighted by Gasteiger charge is -2.13. The van der Waals surface area contributed by atoms with Crippen molar-refractivity contribution >= 4 is 40.8 Å². The number of carboxylic acid groups (broad SMARTS) is 1. The van der Waals surface area contributed by atoms with Crippen LogP contribution in [0.25, 0.3) is 5.69 Å². The summed E-state index contributed by atoms with van der Waals surface area (Å²) in [5, 5.41) is 10.6. The summed E-state index contributed by atoms with van der Waals surface area (Å²) in [7, 11) is 0. The summed E-state index contributed by atoms with van der Waals surface area (Å²) in [6, 6.07) is 11.5. The quantitative estimate of drug-likeness (QED) is 0.712. The van der Waals surface area contributed by atoms with Gasteiger partial charge in [0.1, 0.15) is 5.56 Å². The van der Waals surface area contributed by atoms with E-state index in [0.29, 0.717) is 26.3 Å². The van der Waals surface area contributed by atoms with Crippen molar-refractivity contribution in [2.24, 2.45) is 0 Å². The number of carboxylic acids is 1. The van der Waals surface area contributed by atoms with Crippen LogP contribution >= 0.6 is 34.8 Å². The molecule has 0 aliphatic heterocycles. The molecule has 1 heterocycles. The largest absolute Gasteiger partial charge is 0.477 e. The molecule has 3 rings (SSSR count). The maximum Gasteiger partial charge on any atom is 0.342 e. The van der Waals surface area contributed by atoms with Crippen molar-refractivity contribution in [1.82, 2.24) is 9.36 Å². The lowest BCUT2D eigenvalue weighted by Crippen LogP contribution is -2.24. The Hall–Kier alpha value is -2.21. The maximum absolute atomic E-state index is 12.5. The molecule has 0 amide bonds. The number of aromatic nitrogens is 2. The number of hydrogen-bond donors (Lipinski definition) is 1. The first-order valence-corrected chi connectivity index (χ1v) is 8.26. The molecule has 0 aliphatic carbocycles. The van der Waals surface area contributed by atoms with Gasteiger partial charge in [-0.05, 0) is 36.4 Å². The van der Waals surface area contributed by atoms with Crippen LogP contribution in [-0.2, 0) is 6.54 Å². The molecule has 1 aromatic heterocycles. The number of carbonyl (C=O) groups is 1. The summed E-state index contributed by atoms with van der Waals surface area (Å²) in [5.41, 5.74) is 0.0571. The molecule has 8 heteroatoms. The fourth-order valence-electron chi connectivity index (χ4n) is 2.45. The lowest BCUT2D eigenvalue weighted by atomic mass is 10.2. The highest BCUT2D eigenvalue weighted by molar-refractivity contribution is 6.36. The molecule has 0 saturated heterocycles. The van der Waals surface area contributed by atoms with Gasteiger partial charge in [0.15, 0.2) is 0 Å². The van der Waals surface area contributed by atoms with Crippen LogP contribution in [0.3, 0.4) is 0 Å². The topological polar surface area (TPSA) is 64.2 Å². The first-order chi connectivity index (χ1) is 11.9. The minimum Gasteiger partial charge on any atom is -0.477 e. The Morgan fingerprint density at radius 3 is 2.16 bits per heavy atom. The molecule has 2 aromatic carbocycles. The first-order valence-electron chi connectivity index (χ1n) is 7.13. The summed E-state index contributed by atoms with van der Waals surface area (Å²) < 4.78 is 2.71. The van der Waals surface area contributed by atoms with Crippen molar-refractivity contribution in [1.29, 1.82) is 0 Å². The molecule has 128 valence electrons. The molecule has 0 bridgehead atoms. The highest BCUT2D eigenvalue weighted by Crippen LogP contribution is 2.25. The van der Waals surface area contributed by atoms with Gasteiger partial charge in [-0.1, -0.05) is 40.9 Å². The van der Waals surface area contributed by atoms with Crippen LogP contribution in [0, 0.1) is 0 Å². The third-order valence-electron chi connectivity index (χ3n) is 3.64. The van der Waals surface area contributed by atoms with Crippen molar-refractivity contribution < 1.29 is 9.90 Å². The van der Waals surface area contributed by atoms with Crippen LogP contribution in [0.15, 0.2) is 53.5 Å². The third-order valence-corrected chi connectivity index (χ3v) is 4.60. The number of rotatable bonds is 4. The fraction of sp³-hybridized carbons (Fsp3) is 0.0588. The summed E-state index contributed by atoms with van der Waals surface area (Å²) in [5.74, 6) is -1.31. The average Bonchev–Trinajstić information content (AvgIpc) is 2.89. The van der Waals surface area contributed by atoms with E-state index >= 15 is 0 Å².